The first kappa shape index (κ1) is 11.1. The molecule has 86 valence electrons. The second kappa shape index (κ2) is 5.12. The Kier molecular flexibility index (Phi) is 3.57. The van der Waals surface area contributed by atoms with Crippen LogP contribution in [-0.2, 0) is 11.3 Å². The van der Waals surface area contributed by atoms with Gasteiger partial charge >= 0.3 is 0 Å². The fourth-order valence-corrected chi connectivity index (χ4v) is 2.07. The lowest BCUT2D eigenvalue weighted by atomic mass is 10.2. The van der Waals surface area contributed by atoms with Crippen molar-refractivity contribution in [2.24, 2.45) is 0 Å². The maximum Gasteiger partial charge on any atom is 0.236 e. The van der Waals surface area contributed by atoms with E-state index in [-0.39, 0.29) is 5.91 Å². The Hall–Kier alpha value is -1.35. The van der Waals surface area contributed by atoms with Crippen molar-refractivity contribution in [3.05, 3.63) is 35.9 Å². The zero-order valence-electron chi connectivity index (χ0n) is 9.72. The van der Waals surface area contributed by atoms with Gasteiger partial charge in [0.1, 0.15) is 0 Å². The van der Waals surface area contributed by atoms with Crippen LogP contribution in [-0.4, -0.2) is 41.9 Å². The van der Waals surface area contributed by atoms with E-state index in [4.69, 9.17) is 0 Å². The lowest BCUT2D eigenvalue weighted by Crippen LogP contribution is -2.49. The van der Waals surface area contributed by atoms with Crippen molar-refractivity contribution in [1.82, 2.24) is 9.80 Å². The van der Waals surface area contributed by atoms with Crippen LogP contribution in [0.3, 0.4) is 0 Å². The van der Waals surface area contributed by atoms with Gasteiger partial charge in [-0.05, 0) is 12.5 Å². The summed E-state index contributed by atoms with van der Waals surface area (Å²) in [5, 5.41) is 0. The zero-order valence-corrected chi connectivity index (χ0v) is 9.72. The summed E-state index contributed by atoms with van der Waals surface area (Å²) >= 11 is 0. The standard InChI is InChI=1S/C13H18N2O/c1-2-15-9-8-14(11-13(15)16)10-12-6-4-3-5-7-12/h3-7H,2,8-11H2,1H3. The van der Waals surface area contributed by atoms with Gasteiger partial charge in [0.15, 0.2) is 0 Å². The van der Waals surface area contributed by atoms with Crippen molar-refractivity contribution in [2.45, 2.75) is 13.5 Å². The van der Waals surface area contributed by atoms with Gasteiger partial charge in [0.25, 0.3) is 0 Å². The third-order valence-corrected chi connectivity index (χ3v) is 3.03. The normalized spacial score (nSPS) is 17.8. The monoisotopic (exact) mass is 218 g/mol. The highest BCUT2D eigenvalue weighted by atomic mass is 16.2. The van der Waals surface area contributed by atoms with Crippen LogP contribution in [0.2, 0.25) is 0 Å². The van der Waals surface area contributed by atoms with Crippen LogP contribution in [0.15, 0.2) is 30.3 Å². The Morgan fingerprint density at radius 3 is 2.56 bits per heavy atom. The van der Waals surface area contributed by atoms with Crippen LogP contribution >= 0.6 is 0 Å². The van der Waals surface area contributed by atoms with Crippen molar-refractivity contribution in [3.8, 4) is 0 Å². The summed E-state index contributed by atoms with van der Waals surface area (Å²) in [6.45, 7) is 6.15. The van der Waals surface area contributed by atoms with Gasteiger partial charge in [0.2, 0.25) is 5.91 Å². The van der Waals surface area contributed by atoms with Crippen LogP contribution in [0, 0.1) is 0 Å². The van der Waals surface area contributed by atoms with Crippen molar-refractivity contribution >= 4 is 5.91 Å². The minimum atomic E-state index is 0.254. The van der Waals surface area contributed by atoms with Crippen LogP contribution in [0.25, 0.3) is 0 Å². The molecule has 1 heterocycles. The van der Waals surface area contributed by atoms with Gasteiger partial charge in [0, 0.05) is 26.2 Å². The van der Waals surface area contributed by atoms with E-state index in [1.807, 2.05) is 30.0 Å². The molecule has 0 radical (unpaired) electrons. The van der Waals surface area contributed by atoms with E-state index in [9.17, 15) is 4.79 Å². The van der Waals surface area contributed by atoms with E-state index in [2.05, 4.69) is 17.0 Å². The van der Waals surface area contributed by atoms with E-state index < -0.39 is 0 Å². The van der Waals surface area contributed by atoms with Gasteiger partial charge in [-0.1, -0.05) is 30.3 Å². The molecule has 3 nitrogen and oxygen atoms in total. The summed E-state index contributed by atoms with van der Waals surface area (Å²) in [5.41, 5.74) is 1.28. The molecule has 0 aromatic heterocycles. The Labute approximate surface area is 96.7 Å². The quantitative estimate of drug-likeness (QED) is 0.764. The number of likely N-dealkylation sites (N-methyl/N-ethyl adjacent to an activating group) is 1. The maximum atomic E-state index is 11.7. The van der Waals surface area contributed by atoms with Crippen LogP contribution in [0.5, 0.6) is 0 Å². The van der Waals surface area contributed by atoms with Gasteiger partial charge in [-0.25, -0.2) is 0 Å². The van der Waals surface area contributed by atoms with Crippen molar-refractivity contribution in [2.75, 3.05) is 26.2 Å². The van der Waals surface area contributed by atoms with Gasteiger partial charge in [-0.2, -0.15) is 0 Å². The summed E-state index contributed by atoms with van der Waals surface area (Å²) in [4.78, 5) is 15.8. The first-order valence-electron chi connectivity index (χ1n) is 5.83. The van der Waals surface area contributed by atoms with Crippen LogP contribution in [0.1, 0.15) is 12.5 Å². The molecule has 1 aromatic carbocycles. The highest BCUT2D eigenvalue weighted by Gasteiger charge is 2.22. The van der Waals surface area contributed by atoms with Crippen molar-refractivity contribution in [3.63, 3.8) is 0 Å². The summed E-state index contributed by atoms with van der Waals surface area (Å²) in [7, 11) is 0. The fourth-order valence-electron chi connectivity index (χ4n) is 2.07. The molecule has 0 atom stereocenters. The highest BCUT2D eigenvalue weighted by molar-refractivity contribution is 5.78. The van der Waals surface area contributed by atoms with Gasteiger partial charge in [-0.15, -0.1) is 0 Å². The largest absolute Gasteiger partial charge is 0.341 e. The number of rotatable bonds is 3. The molecule has 0 aliphatic carbocycles. The number of piperazine rings is 1. The number of hydrogen-bond donors (Lipinski definition) is 0. The molecular weight excluding hydrogens is 200 g/mol. The van der Waals surface area contributed by atoms with Crippen LogP contribution < -0.4 is 0 Å². The average Bonchev–Trinajstić information content (AvgIpc) is 2.31. The van der Waals surface area contributed by atoms with E-state index in [0.717, 1.165) is 26.2 Å². The third kappa shape index (κ3) is 2.61. The van der Waals surface area contributed by atoms with Gasteiger partial charge < -0.3 is 4.90 Å². The maximum absolute atomic E-state index is 11.7. The molecule has 0 N–H and O–H groups in total. The second-order valence-corrected chi connectivity index (χ2v) is 4.17. The summed E-state index contributed by atoms with van der Waals surface area (Å²) in [6.07, 6.45) is 0. The Morgan fingerprint density at radius 1 is 1.19 bits per heavy atom. The van der Waals surface area contributed by atoms with Gasteiger partial charge in [0.05, 0.1) is 6.54 Å². The molecule has 16 heavy (non-hydrogen) atoms. The van der Waals surface area contributed by atoms with E-state index in [0.29, 0.717) is 6.54 Å². The molecule has 1 amide bonds. The molecule has 0 spiro atoms. The second-order valence-electron chi connectivity index (χ2n) is 4.17. The Morgan fingerprint density at radius 2 is 1.94 bits per heavy atom. The molecule has 0 bridgehead atoms. The predicted molar refractivity (Wildman–Crippen MR) is 64.0 cm³/mol. The smallest absolute Gasteiger partial charge is 0.236 e. The Balaban J connectivity index is 1.91. The first-order chi connectivity index (χ1) is 7.79. The molecule has 2 rings (SSSR count). The molecule has 3 heteroatoms. The summed E-state index contributed by atoms with van der Waals surface area (Å²) in [6, 6.07) is 10.3. The zero-order chi connectivity index (χ0) is 11.4. The first-order valence-corrected chi connectivity index (χ1v) is 5.83. The molecule has 1 saturated heterocycles. The average molecular weight is 218 g/mol. The summed E-state index contributed by atoms with van der Waals surface area (Å²) in [5.74, 6) is 0.254. The van der Waals surface area contributed by atoms with Crippen molar-refractivity contribution in [1.29, 1.82) is 0 Å². The topological polar surface area (TPSA) is 23.6 Å². The highest BCUT2D eigenvalue weighted by Crippen LogP contribution is 2.08. The number of nitrogens with zero attached hydrogens (tertiary/aromatic N) is 2. The van der Waals surface area contributed by atoms with E-state index in [1.54, 1.807) is 0 Å². The molecule has 0 saturated carbocycles. The molecule has 1 aliphatic heterocycles. The molecule has 0 unspecified atom stereocenters. The minimum absolute atomic E-state index is 0.254. The number of carbonyl (C=O) groups excluding carboxylic acids is 1. The lowest BCUT2D eigenvalue weighted by Gasteiger charge is -2.33. The molecular formula is C13H18N2O. The Bertz CT molecular complexity index is 350. The van der Waals surface area contributed by atoms with Crippen LogP contribution in [0.4, 0.5) is 0 Å². The van der Waals surface area contributed by atoms with E-state index in [1.165, 1.54) is 5.56 Å². The molecule has 1 fully saturated rings. The van der Waals surface area contributed by atoms with E-state index >= 15 is 0 Å². The fraction of sp³-hybridized carbons (Fsp3) is 0.462. The summed E-state index contributed by atoms with van der Waals surface area (Å²) < 4.78 is 0. The van der Waals surface area contributed by atoms with Crippen molar-refractivity contribution < 1.29 is 4.79 Å². The number of benzene rings is 1. The lowest BCUT2D eigenvalue weighted by molar-refractivity contribution is -0.135. The number of carbonyl (C=O) groups is 1. The third-order valence-electron chi connectivity index (χ3n) is 3.03. The number of amides is 1. The SMILES string of the molecule is CCN1CCN(Cc2ccccc2)CC1=O. The minimum Gasteiger partial charge on any atom is -0.341 e. The predicted octanol–water partition coefficient (Wildman–Crippen LogP) is 1.35. The molecule has 1 aromatic rings. The van der Waals surface area contributed by atoms with Gasteiger partial charge in [-0.3, -0.25) is 9.69 Å². The molecule has 1 aliphatic rings. The number of hydrogen-bond acceptors (Lipinski definition) is 2.